The van der Waals surface area contributed by atoms with E-state index in [-0.39, 0.29) is 25.0 Å². The van der Waals surface area contributed by atoms with E-state index in [1.165, 1.54) is 30.4 Å². The van der Waals surface area contributed by atoms with E-state index >= 15 is 0 Å². The molecule has 4 N–H and O–H groups in total. The normalized spacial score (nSPS) is 13.0. The predicted octanol–water partition coefficient (Wildman–Crippen LogP) is 4.43. The fourth-order valence-corrected chi connectivity index (χ4v) is 2.82. The molecule has 0 aromatic heterocycles. The van der Waals surface area contributed by atoms with Crippen LogP contribution in [0, 0.1) is 0 Å². The van der Waals surface area contributed by atoms with Crippen molar-refractivity contribution in [1.82, 2.24) is 0 Å². The highest BCUT2D eigenvalue weighted by Gasteiger charge is 2.35. The summed E-state index contributed by atoms with van der Waals surface area (Å²) in [6.07, 6.45) is -6.41. The quantitative estimate of drug-likeness (QED) is 0.481. The summed E-state index contributed by atoms with van der Waals surface area (Å²) < 4.78 is 83.8. The summed E-state index contributed by atoms with van der Waals surface area (Å²) in [7, 11) is 0. The van der Waals surface area contributed by atoms with Gasteiger partial charge in [0.15, 0.2) is 0 Å². The van der Waals surface area contributed by atoms with Crippen LogP contribution in [0.4, 0.5) is 26.3 Å². The Morgan fingerprint density at radius 1 is 0.906 bits per heavy atom. The van der Waals surface area contributed by atoms with E-state index in [1.807, 2.05) is 0 Å². The lowest BCUT2D eigenvalue weighted by Gasteiger charge is -2.24. The second-order valence-electron chi connectivity index (χ2n) is 7.34. The molecule has 0 aliphatic heterocycles. The van der Waals surface area contributed by atoms with Gasteiger partial charge in [-0.2, -0.15) is 26.3 Å². The van der Waals surface area contributed by atoms with Crippen molar-refractivity contribution in [3.05, 3.63) is 70.8 Å². The van der Waals surface area contributed by atoms with E-state index in [2.05, 4.69) is 0 Å². The maximum absolute atomic E-state index is 13.5. The number of halogens is 6. The highest BCUT2D eigenvalue weighted by molar-refractivity contribution is 5.51. The Hall–Kier alpha value is -2.56. The van der Waals surface area contributed by atoms with Gasteiger partial charge in [0, 0.05) is 0 Å². The molecular formula is C22H23F6NO3. The number of aryl methyl sites for hydroxylation is 1. The molecule has 2 rings (SSSR count). The van der Waals surface area contributed by atoms with Crippen LogP contribution in [-0.4, -0.2) is 35.6 Å². The summed E-state index contributed by atoms with van der Waals surface area (Å²) in [5, 5.41) is 18.4. The number of alkyl halides is 6. The van der Waals surface area contributed by atoms with Gasteiger partial charge in [0.1, 0.15) is 12.4 Å². The van der Waals surface area contributed by atoms with Gasteiger partial charge >= 0.3 is 12.4 Å². The fourth-order valence-electron chi connectivity index (χ4n) is 2.82. The third-order valence-corrected chi connectivity index (χ3v) is 4.75. The van der Waals surface area contributed by atoms with Gasteiger partial charge < -0.3 is 20.7 Å². The Bertz CT molecular complexity index is 921. The van der Waals surface area contributed by atoms with Gasteiger partial charge in [0.05, 0.1) is 29.9 Å². The first-order valence-corrected chi connectivity index (χ1v) is 9.55. The number of nitrogens with two attached hydrogens (primary N) is 1. The topological polar surface area (TPSA) is 75.7 Å². The van der Waals surface area contributed by atoms with Gasteiger partial charge in [-0.1, -0.05) is 24.3 Å². The number of aliphatic hydroxyl groups is 2. The highest BCUT2D eigenvalue weighted by Crippen LogP contribution is 2.37. The van der Waals surface area contributed by atoms with Crippen LogP contribution in [-0.2, 0) is 18.8 Å². The minimum absolute atomic E-state index is 0.0667. The van der Waals surface area contributed by atoms with Crippen LogP contribution in [0.3, 0.4) is 0 Å². The smallest absolute Gasteiger partial charge is 0.419 e. The molecule has 0 radical (unpaired) electrons. The van der Waals surface area contributed by atoms with Crippen molar-refractivity contribution >= 4 is 6.08 Å². The Labute approximate surface area is 180 Å². The lowest BCUT2D eigenvalue weighted by Crippen LogP contribution is -2.47. The molecule has 2 aromatic rings. The molecule has 0 aliphatic carbocycles. The lowest BCUT2D eigenvalue weighted by atomic mass is 9.93. The van der Waals surface area contributed by atoms with Crippen molar-refractivity contribution in [2.75, 3.05) is 19.8 Å². The second-order valence-corrected chi connectivity index (χ2v) is 7.34. The average Bonchev–Trinajstić information content (AvgIpc) is 2.74. The van der Waals surface area contributed by atoms with Crippen molar-refractivity contribution in [2.24, 2.45) is 5.73 Å². The maximum atomic E-state index is 13.5. The molecule has 0 spiro atoms. The average molecular weight is 463 g/mol. The van der Waals surface area contributed by atoms with Gasteiger partial charge in [-0.15, -0.1) is 0 Å². The van der Waals surface area contributed by atoms with Crippen molar-refractivity contribution in [1.29, 1.82) is 0 Å². The van der Waals surface area contributed by atoms with E-state index in [0.717, 1.165) is 24.3 Å². The van der Waals surface area contributed by atoms with Crippen LogP contribution in [0.5, 0.6) is 5.75 Å². The summed E-state index contributed by atoms with van der Waals surface area (Å²) in [6, 6.07) is 7.96. The van der Waals surface area contributed by atoms with Crippen molar-refractivity contribution in [3.8, 4) is 5.75 Å². The largest absolute Gasteiger partial charge is 0.489 e. The maximum Gasteiger partial charge on any atom is 0.419 e. The number of benzene rings is 2. The summed E-state index contributed by atoms with van der Waals surface area (Å²) in [4.78, 5) is 0. The van der Waals surface area contributed by atoms with E-state index in [4.69, 9.17) is 10.5 Å². The van der Waals surface area contributed by atoms with Gasteiger partial charge in [0.2, 0.25) is 0 Å². The van der Waals surface area contributed by atoms with Crippen molar-refractivity contribution < 1.29 is 41.3 Å². The van der Waals surface area contributed by atoms with Gasteiger partial charge in [-0.25, -0.2) is 0 Å². The molecule has 0 amide bonds. The van der Waals surface area contributed by atoms with Crippen molar-refractivity contribution in [2.45, 2.75) is 30.7 Å². The molecule has 4 nitrogen and oxygen atoms in total. The molecule has 0 aliphatic rings. The number of aliphatic hydroxyl groups excluding tert-OH is 2. The standard InChI is InChI=1S/C22H23F6NO3/c23-21(24,25)17-5-1-3-15(11-17)4-2-10-32-19-7-6-16(12-18(19)22(26,27)28)8-9-20(29,13-30)14-31/h1-7,11-12,30-31H,8-10,13-14,29H2. The van der Waals surface area contributed by atoms with Crippen LogP contribution in [0.2, 0.25) is 0 Å². The molecule has 0 bridgehead atoms. The molecule has 32 heavy (non-hydrogen) atoms. The third-order valence-electron chi connectivity index (χ3n) is 4.75. The number of rotatable bonds is 9. The molecule has 176 valence electrons. The zero-order chi connectivity index (χ0) is 24.0. The molecule has 0 unspecified atom stereocenters. The summed E-state index contributed by atoms with van der Waals surface area (Å²) in [5.41, 5.74) is 3.11. The van der Waals surface area contributed by atoms with E-state index in [0.29, 0.717) is 5.56 Å². The first-order valence-electron chi connectivity index (χ1n) is 9.55. The highest BCUT2D eigenvalue weighted by atomic mass is 19.4. The van der Waals surface area contributed by atoms with E-state index in [1.54, 1.807) is 0 Å². The zero-order valence-electron chi connectivity index (χ0n) is 16.9. The Morgan fingerprint density at radius 3 is 2.19 bits per heavy atom. The minimum Gasteiger partial charge on any atom is -0.489 e. The van der Waals surface area contributed by atoms with Crippen LogP contribution in [0.15, 0.2) is 48.5 Å². The predicted molar refractivity (Wildman–Crippen MR) is 107 cm³/mol. The number of hydrogen-bond donors (Lipinski definition) is 3. The third kappa shape index (κ3) is 7.25. The first kappa shape index (κ1) is 25.7. The fraction of sp³-hybridized carbons (Fsp3) is 0.364. The zero-order valence-corrected chi connectivity index (χ0v) is 16.9. The SMILES string of the molecule is NC(CO)(CO)CCc1ccc(OCC=Cc2cccc(C(F)(F)F)c2)c(C(F)(F)F)c1. The molecule has 0 fully saturated rings. The second kappa shape index (κ2) is 10.4. The Balaban J connectivity index is 2.10. The first-order chi connectivity index (χ1) is 14.9. The molecule has 0 saturated carbocycles. The summed E-state index contributed by atoms with van der Waals surface area (Å²) >= 11 is 0. The van der Waals surface area contributed by atoms with Gasteiger partial charge in [-0.3, -0.25) is 0 Å². The monoisotopic (exact) mass is 463 g/mol. The molecule has 2 aromatic carbocycles. The minimum atomic E-state index is -4.70. The molecule has 0 saturated heterocycles. The van der Waals surface area contributed by atoms with Crippen molar-refractivity contribution in [3.63, 3.8) is 0 Å². The Kier molecular flexibility index (Phi) is 8.33. The van der Waals surface area contributed by atoms with Gasteiger partial charge in [0.25, 0.3) is 0 Å². The van der Waals surface area contributed by atoms with E-state index in [9.17, 15) is 36.6 Å². The molecule has 10 heteroatoms. The summed E-state index contributed by atoms with van der Waals surface area (Å²) in [5.74, 6) is -0.432. The number of ether oxygens (including phenoxy) is 1. The summed E-state index contributed by atoms with van der Waals surface area (Å²) in [6.45, 7) is -1.33. The van der Waals surface area contributed by atoms with E-state index < -0.39 is 48.0 Å². The molecular weight excluding hydrogens is 440 g/mol. The molecule has 0 heterocycles. The van der Waals surface area contributed by atoms with Crippen LogP contribution in [0.25, 0.3) is 6.08 Å². The van der Waals surface area contributed by atoms with Crippen LogP contribution >= 0.6 is 0 Å². The van der Waals surface area contributed by atoms with Crippen LogP contribution in [0.1, 0.15) is 28.7 Å². The Morgan fingerprint density at radius 2 is 1.59 bits per heavy atom. The molecule has 0 atom stereocenters. The van der Waals surface area contributed by atoms with Gasteiger partial charge in [-0.05, 0) is 54.3 Å². The van der Waals surface area contributed by atoms with Crippen LogP contribution < -0.4 is 10.5 Å². The number of hydrogen-bond acceptors (Lipinski definition) is 4. The lowest BCUT2D eigenvalue weighted by molar-refractivity contribution is -0.139.